The Kier molecular flexibility index (Phi) is 5.07. The molecule has 2 heteroatoms. The van der Waals surface area contributed by atoms with Gasteiger partial charge in [0.25, 0.3) is 0 Å². The highest BCUT2D eigenvalue weighted by Crippen LogP contribution is 1.96. The number of nitrogens with one attached hydrogen (secondary N) is 2. The molecule has 0 saturated heterocycles. The van der Waals surface area contributed by atoms with Crippen LogP contribution >= 0.6 is 0 Å². The van der Waals surface area contributed by atoms with Crippen LogP contribution in [-0.4, -0.2) is 11.9 Å². The van der Waals surface area contributed by atoms with Gasteiger partial charge in [0.05, 0.1) is 0 Å². The molecule has 0 unspecified atom stereocenters. The van der Waals surface area contributed by atoms with Gasteiger partial charge in [0.1, 0.15) is 0 Å². The molecule has 0 spiro atoms. The summed E-state index contributed by atoms with van der Waals surface area (Å²) in [7, 11) is 0. The van der Waals surface area contributed by atoms with E-state index in [0.717, 1.165) is 31.4 Å². The Morgan fingerprint density at radius 2 is 2.22 bits per heavy atom. The number of hydrogen-bond donors (Lipinski definition) is 2. The highest BCUT2D eigenvalue weighted by atomic mass is 14.4. The topological polar surface area (TPSA) is 47.7 Å². The Morgan fingerprint density at radius 1 is 1.56 bits per heavy atom. The van der Waals surface area contributed by atoms with Crippen LogP contribution in [0.2, 0.25) is 0 Å². The van der Waals surface area contributed by atoms with Crippen LogP contribution in [0.3, 0.4) is 0 Å². The van der Waals surface area contributed by atoms with E-state index in [1.165, 1.54) is 6.21 Å². The second-order valence-corrected chi connectivity index (χ2v) is 2.05. The average Bonchev–Trinajstić information content (AvgIpc) is 1.89. The summed E-state index contributed by atoms with van der Waals surface area (Å²) in [4.78, 5) is 0. The van der Waals surface area contributed by atoms with Crippen LogP contribution in [0.15, 0.2) is 0 Å². The smallest absolute Gasteiger partial charge is 0.00865 e. The Hall–Kier alpha value is -0.660. The molecule has 0 bridgehead atoms. The van der Waals surface area contributed by atoms with E-state index in [2.05, 4.69) is 0 Å². The molecular weight excluding hydrogens is 112 g/mol. The lowest BCUT2D eigenvalue weighted by Crippen LogP contribution is -1.92. The van der Waals surface area contributed by atoms with Crippen molar-refractivity contribution in [2.24, 2.45) is 0 Å². The first-order valence-corrected chi connectivity index (χ1v) is 3.36. The molecule has 0 aliphatic rings. The van der Waals surface area contributed by atoms with Crippen LogP contribution in [0, 0.1) is 10.8 Å². The van der Waals surface area contributed by atoms with Crippen LogP contribution in [-0.2, 0) is 0 Å². The van der Waals surface area contributed by atoms with Crippen molar-refractivity contribution in [1.82, 2.24) is 0 Å². The highest BCUT2D eigenvalue weighted by Gasteiger charge is 1.90. The quantitative estimate of drug-likeness (QED) is 0.419. The summed E-state index contributed by atoms with van der Waals surface area (Å²) in [6.07, 6.45) is 4.92. The van der Waals surface area contributed by atoms with Gasteiger partial charge in [-0.05, 0) is 31.9 Å². The molecule has 0 aliphatic carbocycles. The van der Waals surface area contributed by atoms with E-state index >= 15 is 0 Å². The van der Waals surface area contributed by atoms with Crippen LogP contribution in [0.5, 0.6) is 0 Å². The SMILES string of the molecule is CCC(=N)CCCC=N. The van der Waals surface area contributed by atoms with E-state index in [1.807, 2.05) is 6.92 Å². The molecular formula is C7H14N2. The van der Waals surface area contributed by atoms with Gasteiger partial charge in [-0.1, -0.05) is 6.92 Å². The zero-order valence-electron chi connectivity index (χ0n) is 5.91. The Labute approximate surface area is 56.3 Å². The molecule has 2 nitrogen and oxygen atoms in total. The van der Waals surface area contributed by atoms with Crippen molar-refractivity contribution >= 4 is 11.9 Å². The fourth-order valence-electron chi connectivity index (χ4n) is 0.594. The summed E-state index contributed by atoms with van der Waals surface area (Å²) < 4.78 is 0. The van der Waals surface area contributed by atoms with E-state index in [1.54, 1.807) is 0 Å². The number of unbranched alkanes of at least 4 members (excludes halogenated alkanes) is 1. The van der Waals surface area contributed by atoms with Gasteiger partial charge in [-0.25, -0.2) is 0 Å². The van der Waals surface area contributed by atoms with Crippen molar-refractivity contribution in [3.8, 4) is 0 Å². The third-order valence-corrected chi connectivity index (χ3v) is 1.25. The van der Waals surface area contributed by atoms with Crippen LogP contribution < -0.4 is 0 Å². The van der Waals surface area contributed by atoms with Crippen LogP contribution in [0.4, 0.5) is 0 Å². The molecule has 0 fully saturated rings. The predicted molar refractivity (Wildman–Crippen MR) is 40.7 cm³/mol. The van der Waals surface area contributed by atoms with Gasteiger partial charge in [-0.3, -0.25) is 0 Å². The first-order chi connectivity index (χ1) is 4.31. The number of rotatable bonds is 5. The Balaban J connectivity index is 3.06. The standard InChI is InChI=1S/C7H14N2/c1-2-7(9)5-3-4-6-8/h6,8-9H,2-5H2,1H3. The molecule has 0 radical (unpaired) electrons. The second-order valence-electron chi connectivity index (χ2n) is 2.05. The Morgan fingerprint density at radius 3 is 2.67 bits per heavy atom. The summed E-state index contributed by atoms with van der Waals surface area (Å²) in [5.41, 5.74) is 0.803. The summed E-state index contributed by atoms with van der Waals surface area (Å²) >= 11 is 0. The van der Waals surface area contributed by atoms with Crippen LogP contribution in [0.25, 0.3) is 0 Å². The summed E-state index contributed by atoms with van der Waals surface area (Å²) in [6, 6.07) is 0. The fourth-order valence-corrected chi connectivity index (χ4v) is 0.594. The predicted octanol–water partition coefficient (Wildman–Crippen LogP) is 2.24. The molecule has 2 N–H and O–H groups in total. The van der Waals surface area contributed by atoms with Crippen molar-refractivity contribution in [3.63, 3.8) is 0 Å². The third-order valence-electron chi connectivity index (χ3n) is 1.25. The van der Waals surface area contributed by atoms with Gasteiger partial charge in [-0.2, -0.15) is 0 Å². The highest BCUT2D eigenvalue weighted by molar-refractivity contribution is 5.81. The molecule has 52 valence electrons. The normalized spacial score (nSPS) is 9.00. The second kappa shape index (κ2) is 5.48. The molecule has 0 saturated carbocycles. The maximum absolute atomic E-state index is 7.24. The molecule has 9 heavy (non-hydrogen) atoms. The molecule has 0 aromatic heterocycles. The van der Waals surface area contributed by atoms with Crippen molar-refractivity contribution in [1.29, 1.82) is 10.8 Å². The van der Waals surface area contributed by atoms with Crippen molar-refractivity contribution in [2.45, 2.75) is 32.6 Å². The lowest BCUT2D eigenvalue weighted by atomic mass is 10.1. The van der Waals surface area contributed by atoms with Gasteiger partial charge in [-0.15, -0.1) is 0 Å². The van der Waals surface area contributed by atoms with E-state index in [9.17, 15) is 0 Å². The van der Waals surface area contributed by atoms with Crippen molar-refractivity contribution < 1.29 is 0 Å². The molecule has 0 aromatic rings. The maximum Gasteiger partial charge on any atom is 0.00865 e. The summed E-state index contributed by atoms with van der Waals surface area (Å²) in [5.74, 6) is 0. The zero-order chi connectivity index (χ0) is 7.11. The van der Waals surface area contributed by atoms with Gasteiger partial charge in [0, 0.05) is 5.71 Å². The summed E-state index contributed by atoms with van der Waals surface area (Å²) in [5, 5.41) is 13.9. The fraction of sp³-hybridized carbons (Fsp3) is 0.714. The van der Waals surface area contributed by atoms with Gasteiger partial charge in [0.2, 0.25) is 0 Å². The van der Waals surface area contributed by atoms with Gasteiger partial charge in [0.15, 0.2) is 0 Å². The van der Waals surface area contributed by atoms with Gasteiger partial charge >= 0.3 is 0 Å². The van der Waals surface area contributed by atoms with E-state index < -0.39 is 0 Å². The van der Waals surface area contributed by atoms with Crippen molar-refractivity contribution in [3.05, 3.63) is 0 Å². The molecule has 0 aromatic carbocycles. The van der Waals surface area contributed by atoms with E-state index in [0.29, 0.717) is 0 Å². The third kappa shape index (κ3) is 5.21. The van der Waals surface area contributed by atoms with E-state index in [-0.39, 0.29) is 0 Å². The van der Waals surface area contributed by atoms with Crippen LogP contribution in [0.1, 0.15) is 32.6 Å². The molecule has 0 amide bonds. The maximum atomic E-state index is 7.24. The largest absolute Gasteiger partial charge is 0.313 e. The molecule has 0 atom stereocenters. The minimum atomic E-state index is 0.803. The average molecular weight is 126 g/mol. The van der Waals surface area contributed by atoms with Gasteiger partial charge < -0.3 is 10.8 Å². The summed E-state index contributed by atoms with van der Waals surface area (Å²) in [6.45, 7) is 1.99. The minimum Gasteiger partial charge on any atom is -0.313 e. The molecule has 0 rings (SSSR count). The lowest BCUT2D eigenvalue weighted by Gasteiger charge is -1.95. The Bertz CT molecular complexity index is 97.1. The molecule has 0 aliphatic heterocycles. The molecule has 0 heterocycles. The minimum absolute atomic E-state index is 0.803. The monoisotopic (exact) mass is 126 g/mol. The van der Waals surface area contributed by atoms with Crippen molar-refractivity contribution in [2.75, 3.05) is 0 Å². The number of hydrogen-bond acceptors (Lipinski definition) is 2. The zero-order valence-corrected chi connectivity index (χ0v) is 5.91. The first kappa shape index (κ1) is 8.34. The first-order valence-electron chi connectivity index (χ1n) is 3.36. The van der Waals surface area contributed by atoms with E-state index in [4.69, 9.17) is 10.8 Å². The lowest BCUT2D eigenvalue weighted by molar-refractivity contribution is 0.906.